The molecular weight excluding hydrogens is 468 g/mol. The van der Waals surface area contributed by atoms with Crippen LogP contribution in [0.3, 0.4) is 0 Å². The largest absolute Gasteiger partial charge is 0.370 e. The van der Waals surface area contributed by atoms with Gasteiger partial charge in [0.15, 0.2) is 11.9 Å². The molecule has 0 heterocycles. The van der Waals surface area contributed by atoms with Crippen LogP contribution in [0.5, 0.6) is 0 Å². The Morgan fingerprint density at radius 2 is 1.03 bits per heavy atom. The number of hydrogen-bond donors (Lipinski definition) is 6. The van der Waals surface area contributed by atoms with E-state index in [1.165, 1.54) is 6.42 Å². The fourth-order valence-electron chi connectivity index (χ4n) is 3.72. The summed E-state index contributed by atoms with van der Waals surface area (Å²) in [4.78, 5) is 31.9. The van der Waals surface area contributed by atoms with Crippen LogP contribution in [0.25, 0.3) is 0 Å². The van der Waals surface area contributed by atoms with Crippen molar-refractivity contribution in [3.63, 3.8) is 0 Å². The Labute approximate surface area is 218 Å². The smallest absolute Gasteiger partial charge is 0.326 e. The molecular formula is C27H38N8O2. The summed E-state index contributed by atoms with van der Waals surface area (Å²) in [6.45, 7) is 7.80. The number of para-hydroxylation sites is 2. The molecule has 2 aliphatic carbocycles. The summed E-state index contributed by atoms with van der Waals surface area (Å²) in [5.41, 5.74) is 17.0. The fourth-order valence-corrected chi connectivity index (χ4v) is 3.72. The topological polar surface area (TPSA) is 159 Å². The molecule has 2 aromatic rings. The molecule has 0 saturated heterocycles. The van der Waals surface area contributed by atoms with E-state index in [1.54, 1.807) is 0 Å². The summed E-state index contributed by atoms with van der Waals surface area (Å²) in [5, 5.41) is 10.7. The molecule has 2 aliphatic rings. The molecule has 0 radical (unpaired) electrons. The third-order valence-electron chi connectivity index (χ3n) is 6.19. The van der Waals surface area contributed by atoms with E-state index < -0.39 is 0 Å². The Morgan fingerprint density at radius 1 is 0.676 bits per heavy atom. The first-order chi connectivity index (χ1) is 17.6. The zero-order valence-electron chi connectivity index (χ0n) is 22.0. The number of nitrogens with two attached hydrogens (primary N) is 2. The Balaban J connectivity index is 0.000000206. The summed E-state index contributed by atoms with van der Waals surface area (Å²) >= 11 is 0. The van der Waals surface area contributed by atoms with E-state index in [0.717, 1.165) is 59.3 Å². The predicted octanol–water partition coefficient (Wildman–Crippen LogP) is 4.19. The summed E-state index contributed by atoms with van der Waals surface area (Å²) in [6, 6.07) is 11.6. The molecule has 8 N–H and O–H groups in total. The van der Waals surface area contributed by atoms with Crippen LogP contribution in [0, 0.1) is 27.7 Å². The van der Waals surface area contributed by atoms with Gasteiger partial charge < -0.3 is 22.1 Å². The number of hydrogen-bond acceptors (Lipinski definition) is 4. The van der Waals surface area contributed by atoms with E-state index in [0.29, 0.717) is 6.04 Å². The molecule has 4 amide bonds. The molecule has 0 unspecified atom stereocenters. The van der Waals surface area contributed by atoms with Gasteiger partial charge in [-0.25, -0.2) is 19.6 Å². The standard InChI is InChI=1S/C14H20N4O.C13H18N4O/c1-9-5-3-6-10(2)12(9)17-14(19)18-13(15)16-11-7-4-8-11;1-8-4-3-5-9(2)11(8)16-13(18)17-12(14)15-10-6-7-10/h3,5-6,11H,4,7-8H2,1-2H3,(H4,15,16,17,18,19);3-5,10H,6-7H2,1-2H3,(H4,14,15,16,17,18). The van der Waals surface area contributed by atoms with E-state index >= 15 is 0 Å². The summed E-state index contributed by atoms with van der Waals surface area (Å²) in [6.07, 6.45) is 5.42. The lowest BCUT2D eigenvalue weighted by Gasteiger charge is -2.21. The zero-order valence-corrected chi connectivity index (χ0v) is 22.0. The number of nitrogens with one attached hydrogen (secondary N) is 4. The van der Waals surface area contributed by atoms with Gasteiger partial charge in [-0.05, 0) is 82.1 Å². The van der Waals surface area contributed by atoms with Gasteiger partial charge in [0.25, 0.3) is 0 Å². The van der Waals surface area contributed by atoms with Crippen LogP contribution in [-0.2, 0) is 0 Å². The van der Waals surface area contributed by atoms with Gasteiger partial charge in [-0.2, -0.15) is 0 Å². The van der Waals surface area contributed by atoms with E-state index in [-0.39, 0.29) is 30.0 Å². The molecule has 2 fully saturated rings. The van der Waals surface area contributed by atoms with E-state index in [9.17, 15) is 9.59 Å². The van der Waals surface area contributed by atoms with Gasteiger partial charge in [-0.3, -0.25) is 10.6 Å². The molecule has 4 rings (SSSR count). The number of guanidine groups is 2. The van der Waals surface area contributed by atoms with E-state index in [2.05, 4.69) is 31.3 Å². The summed E-state index contributed by atoms with van der Waals surface area (Å²) in [5.74, 6) is 0.370. The van der Waals surface area contributed by atoms with Crippen LogP contribution >= 0.6 is 0 Å². The number of anilines is 2. The number of urea groups is 2. The van der Waals surface area contributed by atoms with Crippen molar-refractivity contribution in [1.82, 2.24) is 10.6 Å². The minimum absolute atomic E-state index is 0.182. The normalized spacial score (nSPS) is 15.6. The predicted molar refractivity (Wildman–Crippen MR) is 150 cm³/mol. The third kappa shape index (κ3) is 8.82. The highest BCUT2D eigenvalue weighted by molar-refractivity contribution is 6.03. The average molecular weight is 507 g/mol. The van der Waals surface area contributed by atoms with Crippen LogP contribution in [0.1, 0.15) is 54.4 Å². The number of aryl methyl sites for hydroxylation is 4. The van der Waals surface area contributed by atoms with Crippen LogP contribution in [0.15, 0.2) is 46.4 Å². The van der Waals surface area contributed by atoms with Crippen molar-refractivity contribution in [1.29, 1.82) is 0 Å². The molecule has 0 bridgehead atoms. The Hall–Kier alpha value is -4.08. The highest BCUT2D eigenvalue weighted by Crippen LogP contribution is 2.23. The molecule has 0 aliphatic heterocycles. The molecule has 10 heteroatoms. The monoisotopic (exact) mass is 506 g/mol. The van der Waals surface area contributed by atoms with Crippen LogP contribution < -0.4 is 32.7 Å². The first-order valence-corrected chi connectivity index (χ1v) is 12.6. The fraction of sp³-hybridized carbons (Fsp3) is 0.407. The Bertz CT molecular complexity index is 1140. The van der Waals surface area contributed by atoms with Gasteiger partial charge in [0.2, 0.25) is 0 Å². The minimum Gasteiger partial charge on any atom is -0.370 e. The Kier molecular flexibility index (Phi) is 9.48. The van der Waals surface area contributed by atoms with Crippen LogP contribution in [0.4, 0.5) is 21.0 Å². The minimum atomic E-state index is -0.352. The van der Waals surface area contributed by atoms with Gasteiger partial charge in [0.1, 0.15) is 0 Å². The molecule has 0 atom stereocenters. The first kappa shape index (κ1) is 27.5. The van der Waals surface area contributed by atoms with Gasteiger partial charge in [-0.1, -0.05) is 36.4 Å². The maximum atomic E-state index is 11.8. The third-order valence-corrected chi connectivity index (χ3v) is 6.19. The lowest BCUT2D eigenvalue weighted by atomic mass is 9.94. The second kappa shape index (κ2) is 12.8. The van der Waals surface area contributed by atoms with Crippen molar-refractivity contribution >= 4 is 35.4 Å². The van der Waals surface area contributed by atoms with Crippen molar-refractivity contribution in [2.75, 3.05) is 10.6 Å². The molecule has 10 nitrogen and oxygen atoms in total. The van der Waals surface area contributed by atoms with Crippen molar-refractivity contribution in [2.24, 2.45) is 21.5 Å². The van der Waals surface area contributed by atoms with Gasteiger partial charge in [0.05, 0.1) is 12.1 Å². The van der Waals surface area contributed by atoms with Crippen molar-refractivity contribution < 1.29 is 9.59 Å². The second-order valence-electron chi connectivity index (χ2n) is 9.54. The molecule has 0 aromatic heterocycles. The summed E-state index contributed by atoms with van der Waals surface area (Å²) in [7, 11) is 0. The molecule has 0 spiro atoms. The van der Waals surface area contributed by atoms with Crippen LogP contribution in [-0.4, -0.2) is 36.1 Å². The highest BCUT2D eigenvalue weighted by atomic mass is 16.2. The number of benzene rings is 2. The zero-order chi connectivity index (χ0) is 26.9. The summed E-state index contributed by atoms with van der Waals surface area (Å²) < 4.78 is 0. The lowest BCUT2D eigenvalue weighted by Crippen LogP contribution is -2.41. The number of rotatable bonds is 4. The first-order valence-electron chi connectivity index (χ1n) is 12.6. The number of aliphatic imine (C=N–C) groups is 2. The van der Waals surface area contributed by atoms with Gasteiger partial charge >= 0.3 is 12.1 Å². The van der Waals surface area contributed by atoms with E-state index in [1.807, 2.05) is 64.1 Å². The number of carbonyl (C=O) groups is 2. The van der Waals surface area contributed by atoms with Gasteiger partial charge in [-0.15, -0.1) is 0 Å². The number of carbonyl (C=O) groups excluding carboxylic acids is 2. The van der Waals surface area contributed by atoms with Crippen molar-refractivity contribution in [2.45, 2.75) is 71.9 Å². The SMILES string of the molecule is Cc1cccc(C)c1NC(=O)NC(N)=NC1CC1.Cc1cccc(C)c1NC(=O)NC(N)=NC1CCC1. The van der Waals surface area contributed by atoms with Crippen LogP contribution in [0.2, 0.25) is 0 Å². The van der Waals surface area contributed by atoms with E-state index in [4.69, 9.17) is 11.5 Å². The average Bonchev–Trinajstić information content (AvgIpc) is 3.60. The maximum Gasteiger partial charge on any atom is 0.326 e. The molecule has 2 aromatic carbocycles. The number of amides is 4. The maximum absolute atomic E-state index is 11.8. The number of nitrogens with zero attached hydrogens (tertiary/aromatic N) is 2. The van der Waals surface area contributed by atoms with Gasteiger partial charge in [0, 0.05) is 11.4 Å². The molecule has 198 valence electrons. The molecule has 2 saturated carbocycles. The quantitative estimate of drug-likeness (QED) is 0.271. The second-order valence-corrected chi connectivity index (χ2v) is 9.54. The molecule has 37 heavy (non-hydrogen) atoms. The van der Waals surface area contributed by atoms with Crippen molar-refractivity contribution in [3.8, 4) is 0 Å². The van der Waals surface area contributed by atoms with Crippen molar-refractivity contribution in [3.05, 3.63) is 58.7 Å². The Morgan fingerprint density at radius 3 is 1.32 bits per heavy atom. The lowest BCUT2D eigenvalue weighted by molar-refractivity contribution is 0.255. The highest BCUT2D eigenvalue weighted by Gasteiger charge is 2.21.